The molecule has 5 nitrogen and oxygen atoms in total. The average Bonchev–Trinajstić information content (AvgIpc) is 2.97. The first-order valence-electron chi connectivity index (χ1n) is 6.17. The van der Waals surface area contributed by atoms with E-state index in [4.69, 9.17) is 16.1 Å². The number of carbonyl (C=O) groups excluding carboxylic acids is 1. The number of carbonyl (C=O) groups is 1. The maximum absolute atomic E-state index is 12.0. The minimum Gasteiger partial charge on any atom is -0.338 e. The Labute approximate surface area is 125 Å². The Morgan fingerprint density at radius 1 is 1.10 bits per heavy atom. The Morgan fingerprint density at radius 3 is 2.76 bits per heavy atom. The quantitative estimate of drug-likeness (QED) is 0.801. The maximum Gasteiger partial charge on any atom is 0.258 e. The fourth-order valence-corrected chi connectivity index (χ4v) is 1.97. The van der Waals surface area contributed by atoms with Crippen LogP contribution in [0.25, 0.3) is 11.4 Å². The molecular formula is C15H10ClN3O2. The summed E-state index contributed by atoms with van der Waals surface area (Å²) in [4.78, 5) is 16.2. The molecule has 6 heteroatoms. The SMILES string of the molecule is O=C(Nc1cc(-c2ccccn2)no1)c1cccc(Cl)c1. The lowest BCUT2D eigenvalue weighted by molar-refractivity contribution is 0.102. The maximum atomic E-state index is 12.0. The van der Waals surface area contributed by atoms with E-state index in [9.17, 15) is 4.79 Å². The van der Waals surface area contributed by atoms with Gasteiger partial charge in [0.25, 0.3) is 5.91 Å². The summed E-state index contributed by atoms with van der Waals surface area (Å²) in [6, 6.07) is 13.7. The first-order valence-corrected chi connectivity index (χ1v) is 6.55. The van der Waals surface area contributed by atoms with Crippen molar-refractivity contribution in [1.29, 1.82) is 0 Å². The van der Waals surface area contributed by atoms with Crippen molar-refractivity contribution in [3.63, 3.8) is 0 Å². The third-order valence-electron chi connectivity index (χ3n) is 2.76. The highest BCUT2D eigenvalue weighted by Crippen LogP contribution is 2.20. The zero-order chi connectivity index (χ0) is 14.7. The van der Waals surface area contributed by atoms with E-state index in [1.165, 1.54) is 0 Å². The van der Waals surface area contributed by atoms with Crippen molar-refractivity contribution >= 4 is 23.4 Å². The van der Waals surface area contributed by atoms with Gasteiger partial charge in [-0.1, -0.05) is 28.9 Å². The van der Waals surface area contributed by atoms with E-state index >= 15 is 0 Å². The van der Waals surface area contributed by atoms with Crippen LogP contribution in [0, 0.1) is 0 Å². The van der Waals surface area contributed by atoms with E-state index in [1.807, 2.05) is 12.1 Å². The van der Waals surface area contributed by atoms with Gasteiger partial charge in [-0.05, 0) is 30.3 Å². The van der Waals surface area contributed by atoms with Crippen molar-refractivity contribution in [3.05, 3.63) is 65.3 Å². The van der Waals surface area contributed by atoms with Crippen LogP contribution in [0.3, 0.4) is 0 Å². The second-order valence-corrected chi connectivity index (χ2v) is 4.69. The van der Waals surface area contributed by atoms with Crippen LogP contribution >= 0.6 is 11.6 Å². The van der Waals surface area contributed by atoms with Crippen LogP contribution in [0.1, 0.15) is 10.4 Å². The average molecular weight is 300 g/mol. The number of nitrogens with zero attached hydrogens (tertiary/aromatic N) is 2. The number of hydrogen-bond donors (Lipinski definition) is 1. The van der Waals surface area contributed by atoms with Gasteiger partial charge in [0, 0.05) is 22.8 Å². The minimum atomic E-state index is -0.318. The summed E-state index contributed by atoms with van der Waals surface area (Å²) >= 11 is 5.85. The van der Waals surface area contributed by atoms with Crippen LogP contribution in [0.4, 0.5) is 5.88 Å². The summed E-state index contributed by atoms with van der Waals surface area (Å²) in [6.07, 6.45) is 1.66. The molecule has 1 aromatic carbocycles. The number of aromatic nitrogens is 2. The lowest BCUT2D eigenvalue weighted by atomic mass is 10.2. The molecule has 0 aliphatic rings. The molecule has 3 aromatic rings. The molecule has 0 aliphatic heterocycles. The molecule has 0 aliphatic carbocycles. The van der Waals surface area contributed by atoms with Gasteiger partial charge < -0.3 is 4.52 Å². The number of halogens is 1. The van der Waals surface area contributed by atoms with Gasteiger partial charge in [0.05, 0.1) is 5.69 Å². The Bertz CT molecular complexity index is 771. The van der Waals surface area contributed by atoms with Crippen LogP contribution in [0.2, 0.25) is 5.02 Å². The second-order valence-electron chi connectivity index (χ2n) is 4.26. The predicted molar refractivity (Wildman–Crippen MR) is 79.1 cm³/mol. The van der Waals surface area contributed by atoms with E-state index in [1.54, 1.807) is 42.6 Å². The van der Waals surface area contributed by atoms with Crippen LogP contribution in [0.5, 0.6) is 0 Å². The van der Waals surface area contributed by atoms with Crippen molar-refractivity contribution < 1.29 is 9.32 Å². The zero-order valence-electron chi connectivity index (χ0n) is 10.8. The predicted octanol–water partition coefficient (Wildman–Crippen LogP) is 3.64. The molecule has 3 rings (SSSR count). The zero-order valence-corrected chi connectivity index (χ0v) is 11.5. The highest BCUT2D eigenvalue weighted by Gasteiger charge is 2.11. The van der Waals surface area contributed by atoms with Gasteiger partial charge in [-0.25, -0.2) is 0 Å². The number of amides is 1. The van der Waals surface area contributed by atoms with E-state index in [0.29, 0.717) is 22.0 Å². The van der Waals surface area contributed by atoms with Crippen LogP contribution in [0.15, 0.2) is 59.3 Å². The van der Waals surface area contributed by atoms with Gasteiger partial charge in [0.15, 0.2) is 0 Å². The Morgan fingerprint density at radius 2 is 2.00 bits per heavy atom. The lowest BCUT2D eigenvalue weighted by Crippen LogP contribution is -2.11. The normalized spacial score (nSPS) is 10.3. The molecule has 2 aromatic heterocycles. The molecule has 1 amide bonds. The van der Waals surface area contributed by atoms with Crippen molar-refractivity contribution in [2.75, 3.05) is 5.32 Å². The number of benzene rings is 1. The largest absolute Gasteiger partial charge is 0.338 e. The molecule has 21 heavy (non-hydrogen) atoms. The number of anilines is 1. The van der Waals surface area contributed by atoms with Crippen molar-refractivity contribution in [3.8, 4) is 11.4 Å². The molecule has 0 saturated carbocycles. The summed E-state index contributed by atoms with van der Waals surface area (Å²) in [6.45, 7) is 0. The number of pyridine rings is 1. The van der Waals surface area contributed by atoms with E-state index in [0.717, 1.165) is 0 Å². The molecule has 0 saturated heterocycles. The smallest absolute Gasteiger partial charge is 0.258 e. The van der Waals surface area contributed by atoms with Gasteiger partial charge in [-0.2, -0.15) is 0 Å². The topological polar surface area (TPSA) is 68.0 Å². The van der Waals surface area contributed by atoms with Crippen molar-refractivity contribution in [2.45, 2.75) is 0 Å². The van der Waals surface area contributed by atoms with Crippen molar-refractivity contribution in [1.82, 2.24) is 10.1 Å². The molecule has 0 spiro atoms. The molecule has 0 unspecified atom stereocenters. The lowest BCUT2D eigenvalue weighted by Gasteiger charge is -2.00. The monoisotopic (exact) mass is 299 g/mol. The highest BCUT2D eigenvalue weighted by molar-refractivity contribution is 6.31. The highest BCUT2D eigenvalue weighted by atomic mass is 35.5. The molecule has 104 valence electrons. The second kappa shape index (κ2) is 5.76. The minimum absolute atomic E-state index is 0.251. The van der Waals surface area contributed by atoms with Gasteiger partial charge >= 0.3 is 0 Å². The first-order chi connectivity index (χ1) is 10.2. The fraction of sp³-hybridized carbons (Fsp3) is 0. The molecule has 2 heterocycles. The Hall–Kier alpha value is -2.66. The molecule has 0 bridgehead atoms. The standard InChI is InChI=1S/C15H10ClN3O2/c16-11-5-3-4-10(8-11)15(20)18-14-9-13(19-21-14)12-6-1-2-7-17-12/h1-9H,(H,18,20). The molecule has 0 fully saturated rings. The Kier molecular flexibility index (Phi) is 3.66. The van der Waals surface area contributed by atoms with Gasteiger partial charge in [0.1, 0.15) is 5.69 Å². The van der Waals surface area contributed by atoms with Crippen LogP contribution < -0.4 is 5.32 Å². The molecule has 0 radical (unpaired) electrons. The van der Waals surface area contributed by atoms with Gasteiger partial charge in [-0.3, -0.25) is 15.1 Å². The third-order valence-corrected chi connectivity index (χ3v) is 3.00. The first kappa shape index (κ1) is 13.3. The van der Waals surface area contributed by atoms with E-state index in [2.05, 4.69) is 15.5 Å². The fourth-order valence-electron chi connectivity index (χ4n) is 1.78. The third kappa shape index (κ3) is 3.09. The van der Waals surface area contributed by atoms with Gasteiger partial charge in [0.2, 0.25) is 5.88 Å². The number of nitrogens with one attached hydrogen (secondary N) is 1. The number of hydrogen-bond acceptors (Lipinski definition) is 4. The molecule has 1 N–H and O–H groups in total. The summed E-state index contributed by atoms with van der Waals surface area (Å²) in [5, 5.41) is 6.99. The van der Waals surface area contributed by atoms with Crippen LogP contribution in [-0.2, 0) is 0 Å². The van der Waals surface area contributed by atoms with E-state index < -0.39 is 0 Å². The van der Waals surface area contributed by atoms with E-state index in [-0.39, 0.29) is 11.8 Å². The molecule has 0 atom stereocenters. The number of rotatable bonds is 3. The molecular weight excluding hydrogens is 290 g/mol. The summed E-state index contributed by atoms with van der Waals surface area (Å²) in [7, 11) is 0. The summed E-state index contributed by atoms with van der Waals surface area (Å²) in [5.41, 5.74) is 1.67. The summed E-state index contributed by atoms with van der Waals surface area (Å²) in [5.74, 6) is -0.0677. The van der Waals surface area contributed by atoms with Crippen LogP contribution in [-0.4, -0.2) is 16.0 Å². The Balaban J connectivity index is 1.77. The van der Waals surface area contributed by atoms with Crippen molar-refractivity contribution in [2.24, 2.45) is 0 Å². The summed E-state index contributed by atoms with van der Waals surface area (Å²) < 4.78 is 5.09. The van der Waals surface area contributed by atoms with Gasteiger partial charge in [-0.15, -0.1) is 0 Å².